The monoisotopic (exact) mass is 368 g/mol. The quantitative estimate of drug-likeness (QED) is 0.817. The molecule has 0 radical (unpaired) electrons. The van der Waals surface area contributed by atoms with Crippen LogP contribution in [0.2, 0.25) is 0 Å². The van der Waals surface area contributed by atoms with Gasteiger partial charge < -0.3 is 14.7 Å². The van der Waals surface area contributed by atoms with Crippen molar-refractivity contribution in [2.24, 2.45) is 5.41 Å². The molecular formula is C20H24N4O3. The third-order valence-electron chi connectivity index (χ3n) is 5.37. The van der Waals surface area contributed by atoms with Crippen LogP contribution in [-0.4, -0.2) is 52.9 Å². The van der Waals surface area contributed by atoms with Crippen LogP contribution in [0.3, 0.4) is 0 Å². The Kier molecular flexibility index (Phi) is 4.70. The first-order valence-electron chi connectivity index (χ1n) is 9.37. The van der Waals surface area contributed by atoms with E-state index < -0.39 is 5.41 Å². The van der Waals surface area contributed by atoms with E-state index in [0.717, 1.165) is 19.6 Å². The summed E-state index contributed by atoms with van der Waals surface area (Å²) in [5, 5.41) is 6.51. The lowest BCUT2D eigenvalue weighted by atomic mass is 10.0. The van der Waals surface area contributed by atoms with Crippen LogP contribution in [0, 0.1) is 12.3 Å². The number of carbonyl (C=O) groups is 2. The fourth-order valence-electron chi connectivity index (χ4n) is 3.58. The molecule has 27 heavy (non-hydrogen) atoms. The van der Waals surface area contributed by atoms with Crippen molar-refractivity contribution in [1.82, 2.24) is 15.0 Å². The normalized spacial score (nSPS) is 18.9. The Balaban J connectivity index is 1.32. The number of anilines is 1. The van der Waals surface area contributed by atoms with Gasteiger partial charge in [0.05, 0.1) is 0 Å². The Bertz CT molecular complexity index is 821. The number of piperazine rings is 1. The van der Waals surface area contributed by atoms with E-state index in [1.807, 2.05) is 23.1 Å². The van der Waals surface area contributed by atoms with Crippen molar-refractivity contribution in [1.29, 1.82) is 0 Å². The molecule has 1 saturated carbocycles. The summed E-state index contributed by atoms with van der Waals surface area (Å²) in [7, 11) is 0. The van der Waals surface area contributed by atoms with E-state index in [1.54, 1.807) is 13.0 Å². The van der Waals surface area contributed by atoms with Gasteiger partial charge in [0.25, 0.3) is 0 Å². The molecule has 2 aromatic rings. The molecule has 1 saturated heterocycles. The van der Waals surface area contributed by atoms with E-state index in [4.69, 9.17) is 4.52 Å². The molecule has 0 unspecified atom stereocenters. The predicted octanol–water partition coefficient (Wildman–Crippen LogP) is 2.05. The summed E-state index contributed by atoms with van der Waals surface area (Å²) in [6.07, 6.45) is 1.19. The first kappa shape index (κ1) is 17.7. The molecule has 1 aromatic heterocycles. The first-order valence-corrected chi connectivity index (χ1v) is 9.37. The van der Waals surface area contributed by atoms with Crippen molar-refractivity contribution < 1.29 is 14.1 Å². The highest BCUT2D eigenvalue weighted by atomic mass is 16.5. The Morgan fingerprint density at radius 1 is 1.15 bits per heavy atom. The number of rotatable bonds is 5. The number of aryl methyl sites for hydroxylation is 1. The number of hydrogen-bond acceptors (Lipinski definition) is 5. The van der Waals surface area contributed by atoms with Crippen LogP contribution in [0.15, 0.2) is 40.9 Å². The van der Waals surface area contributed by atoms with E-state index >= 15 is 0 Å². The molecule has 1 N–H and O–H groups in total. The third kappa shape index (κ3) is 3.73. The van der Waals surface area contributed by atoms with Gasteiger partial charge in [0.15, 0.2) is 5.82 Å². The van der Waals surface area contributed by atoms with Crippen molar-refractivity contribution in [3.05, 3.63) is 47.7 Å². The Labute approximate surface area is 158 Å². The maximum absolute atomic E-state index is 13.0. The van der Waals surface area contributed by atoms with E-state index in [9.17, 15) is 9.59 Å². The van der Waals surface area contributed by atoms with Crippen LogP contribution in [0.1, 0.15) is 24.2 Å². The van der Waals surface area contributed by atoms with Crippen LogP contribution in [0.4, 0.5) is 5.82 Å². The number of nitrogens with zero attached hydrogens (tertiary/aromatic N) is 3. The molecule has 1 aliphatic heterocycles. The molecule has 1 aliphatic carbocycles. The zero-order valence-electron chi connectivity index (χ0n) is 15.5. The summed E-state index contributed by atoms with van der Waals surface area (Å²) in [5.74, 6) is 0.660. The summed E-state index contributed by atoms with van der Waals surface area (Å²) in [6.45, 7) is 5.60. The van der Waals surface area contributed by atoms with Gasteiger partial charge in [-0.05, 0) is 25.3 Å². The molecule has 0 bridgehead atoms. The average Bonchev–Trinajstić information content (AvgIpc) is 3.40. The molecular weight excluding hydrogens is 344 g/mol. The van der Waals surface area contributed by atoms with Crippen molar-refractivity contribution in [3.63, 3.8) is 0 Å². The van der Waals surface area contributed by atoms with Gasteiger partial charge in [0, 0.05) is 38.8 Å². The van der Waals surface area contributed by atoms with Gasteiger partial charge in [-0.3, -0.25) is 14.5 Å². The number of nitrogens with one attached hydrogen (secondary N) is 1. The van der Waals surface area contributed by atoms with Crippen LogP contribution >= 0.6 is 0 Å². The number of aromatic nitrogens is 1. The molecule has 0 spiro atoms. The Morgan fingerprint density at radius 2 is 1.85 bits per heavy atom. The minimum atomic E-state index is -0.922. The third-order valence-corrected chi connectivity index (χ3v) is 5.37. The summed E-state index contributed by atoms with van der Waals surface area (Å²) in [6, 6.07) is 12.0. The maximum Gasteiger partial charge on any atom is 0.241 e. The first-order chi connectivity index (χ1) is 13.1. The Morgan fingerprint density at radius 3 is 2.44 bits per heavy atom. The minimum absolute atomic E-state index is 0.0559. The molecule has 4 rings (SSSR count). The second-order valence-electron chi connectivity index (χ2n) is 7.41. The standard InChI is InChI=1S/C20H24N4O3/c1-15-13-17(22-27-15)21-18(25)20(7-8-20)19(26)24-11-9-23(10-12-24)14-16-5-3-2-4-6-16/h2-6,13H,7-12,14H2,1H3,(H,21,22,25). The number of carbonyl (C=O) groups excluding carboxylic acids is 2. The summed E-state index contributed by atoms with van der Waals surface area (Å²) in [5.41, 5.74) is 0.354. The highest BCUT2D eigenvalue weighted by molar-refractivity contribution is 6.12. The lowest BCUT2D eigenvalue weighted by Crippen LogP contribution is -2.52. The van der Waals surface area contributed by atoms with E-state index in [-0.39, 0.29) is 11.8 Å². The summed E-state index contributed by atoms with van der Waals surface area (Å²) < 4.78 is 4.97. The van der Waals surface area contributed by atoms with Gasteiger partial charge >= 0.3 is 0 Å². The highest BCUT2D eigenvalue weighted by Crippen LogP contribution is 2.48. The number of amides is 2. The second kappa shape index (κ2) is 7.15. The van der Waals surface area contributed by atoms with Crippen molar-refractivity contribution in [2.75, 3.05) is 31.5 Å². The van der Waals surface area contributed by atoms with E-state index in [2.05, 4.69) is 27.5 Å². The summed E-state index contributed by atoms with van der Waals surface area (Å²) in [4.78, 5) is 29.8. The SMILES string of the molecule is Cc1cc(NC(=O)C2(C(=O)N3CCN(Cc4ccccc4)CC3)CC2)no1. The molecule has 1 aromatic carbocycles. The van der Waals surface area contributed by atoms with Gasteiger partial charge in [0.1, 0.15) is 11.2 Å². The van der Waals surface area contributed by atoms with Gasteiger partial charge in [-0.15, -0.1) is 0 Å². The fourth-order valence-corrected chi connectivity index (χ4v) is 3.58. The van der Waals surface area contributed by atoms with Crippen molar-refractivity contribution >= 4 is 17.6 Å². The Hall–Kier alpha value is -2.67. The molecule has 2 aliphatic rings. The van der Waals surface area contributed by atoms with E-state index in [0.29, 0.717) is 37.5 Å². The molecule has 2 amide bonds. The van der Waals surface area contributed by atoms with Crippen LogP contribution in [-0.2, 0) is 16.1 Å². The smallest absolute Gasteiger partial charge is 0.241 e. The van der Waals surface area contributed by atoms with Gasteiger partial charge in [0.2, 0.25) is 11.8 Å². The predicted molar refractivity (Wildman–Crippen MR) is 99.8 cm³/mol. The fraction of sp³-hybridized carbons (Fsp3) is 0.450. The minimum Gasteiger partial charge on any atom is -0.360 e. The lowest BCUT2D eigenvalue weighted by molar-refractivity contribution is -0.143. The molecule has 2 fully saturated rings. The zero-order valence-corrected chi connectivity index (χ0v) is 15.5. The molecule has 2 heterocycles. The van der Waals surface area contributed by atoms with E-state index in [1.165, 1.54) is 5.56 Å². The number of benzene rings is 1. The van der Waals surface area contributed by atoms with Gasteiger partial charge in [-0.1, -0.05) is 35.5 Å². The van der Waals surface area contributed by atoms with Crippen molar-refractivity contribution in [2.45, 2.75) is 26.3 Å². The van der Waals surface area contributed by atoms with Crippen LogP contribution in [0.25, 0.3) is 0 Å². The van der Waals surface area contributed by atoms with Gasteiger partial charge in [-0.25, -0.2) is 0 Å². The molecule has 7 nitrogen and oxygen atoms in total. The average molecular weight is 368 g/mol. The zero-order chi connectivity index (χ0) is 18.9. The van der Waals surface area contributed by atoms with Crippen LogP contribution in [0.5, 0.6) is 0 Å². The maximum atomic E-state index is 13.0. The lowest BCUT2D eigenvalue weighted by Gasteiger charge is -2.36. The molecule has 7 heteroatoms. The number of hydrogen-bond donors (Lipinski definition) is 1. The summed E-state index contributed by atoms with van der Waals surface area (Å²) >= 11 is 0. The van der Waals surface area contributed by atoms with Crippen LogP contribution < -0.4 is 5.32 Å². The largest absolute Gasteiger partial charge is 0.360 e. The second-order valence-corrected chi connectivity index (χ2v) is 7.41. The molecule has 0 atom stereocenters. The van der Waals surface area contributed by atoms with Crippen molar-refractivity contribution in [3.8, 4) is 0 Å². The topological polar surface area (TPSA) is 78.7 Å². The highest BCUT2D eigenvalue weighted by Gasteiger charge is 2.58. The van der Waals surface area contributed by atoms with Gasteiger partial charge in [-0.2, -0.15) is 0 Å². The molecule has 142 valence electrons.